The normalized spacial score (nSPS) is 11.1. The van der Waals surface area contributed by atoms with Crippen molar-refractivity contribution in [1.82, 2.24) is 15.3 Å². The number of hydrogen-bond donors (Lipinski definition) is 3. The molecule has 1 amide bonds. The Morgan fingerprint density at radius 3 is 2.71 bits per heavy atom. The molecular weight excluding hydrogens is 286 g/mol. The van der Waals surface area contributed by atoms with E-state index >= 15 is 0 Å². The van der Waals surface area contributed by atoms with Gasteiger partial charge in [0.15, 0.2) is 0 Å². The number of carbonyl (C=O) groups is 1. The van der Waals surface area contributed by atoms with E-state index in [4.69, 9.17) is 5.73 Å². The number of amides is 1. The summed E-state index contributed by atoms with van der Waals surface area (Å²) in [6, 6.07) is 1.61. The van der Waals surface area contributed by atoms with Crippen LogP contribution in [-0.4, -0.2) is 29.5 Å². The lowest BCUT2D eigenvalue weighted by Crippen LogP contribution is -2.39. The number of halogens is 1. The van der Waals surface area contributed by atoms with Gasteiger partial charge in [0.05, 0.1) is 5.41 Å². The zero-order valence-electron chi connectivity index (χ0n) is 10.0. The summed E-state index contributed by atoms with van der Waals surface area (Å²) in [5.41, 5.74) is 5.04. The van der Waals surface area contributed by atoms with Crippen molar-refractivity contribution < 1.29 is 4.79 Å². The van der Waals surface area contributed by atoms with E-state index in [9.17, 15) is 4.79 Å². The fourth-order valence-electron chi connectivity index (χ4n) is 1.23. The molecule has 0 aliphatic rings. The summed E-state index contributed by atoms with van der Waals surface area (Å²) in [7, 11) is 1.61. The third-order valence-corrected chi connectivity index (χ3v) is 2.65. The Morgan fingerprint density at radius 1 is 1.53 bits per heavy atom. The monoisotopic (exact) mass is 301 g/mol. The molecule has 0 spiro atoms. The van der Waals surface area contributed by atoms with Crippen LogP contribution in [0.5, 0.6) is 0 Å². The number of nitrogens with one attached hydrogen (secondary N) is 2. The molecular formula is C10H16BrN5O. The van der Waals surface area contributed by atoms with Gasteiger partial charge in [-0.25, -0.2) is 4.98 Å². The van der Waals surface area contributed by atoms with Crippen LogP contribution < -0.4 is 16.4 Å². The van der Waals surface area contributed by atoms with Crippen LogP contribution in [0.3, 0.4) is 0 Å². The maximum Gasteiger partial charge on any atom is 0.227 e. The van der Waals surface area contributed by atoms with Gasteiger partial charge in [0, 0.05) is 19.7 Å². The number of anilines is 2. The summed E-state index contributed by atoms with van der Waals surface area (Å²) in [5.74, 6) is 0.717. The number of rotatable bonds is 4. The van der Waals surface area contributed by atoms with Gasteiger partial charge in [0.2, 0.25) is 11.9 Å². The molecule has 94 valence electrons. The van der Waals surface area contributed by atoms with Gasteiger partial charge in [-0.2, -0.15) is 4.98 Å². The highest BCUT2D eigenvalue weighted by molar-refractivity contribution is 9.10. The molecule has 0 atom stereocenters. The van der Waals surface area contributed by atoms with Crippen molar-refractivity contribution in [3.8, 4) is 0 Å². The summed E-state index contributed by atoms with van der Waals surface area (Å²) in [6.45, 7) is 4.09. The zero-order chi connectivity index (χ0) is 13.1. The fourth-order valence-corrected chi connectivity index (χ4v) is 1.64. The van der Waals surface area contributed by atoms with Crippen molar-refractivity contribution in [3.63, 3.8) is 0 Å². The summed E-state index contributed by atoms with van der Waals surface area (Å²) in [6.07, 6.45) is 0. The van der Waals surface area contributed by atoms with Gasteiger partial charge < -0.3 is 16.4 Å². The van der Waals surface area contributed by atoms with Crippen molar-refractivity contribution in [1.29, 1.82) is 0 Å². The molecule has 0 saturated heterocycles. The van der Waals surface area contributed by atoms with Gasteiger partial charge in [-0.05, 0) is 29.8 Å². The number of aromatic nitrogens is 2. The third kappa shape index (κ3) is 3.85. The summed E-state index contributed by atoms with van der Waals surface area (Å²) in [5, 5.41) is 5.60. The van der Waals surface area contributed by atoms with Crippen molar-refractivity contribution in [3.05, 3.63) is 10.7 Å². The van der Waals surface area contributed by atoms with Crippen molar-refractivity contribution >= 4 is 33.6 Å². The van der Waals surface area contributed by atoms with E-state index in [0.29, 0.717) is 22.9 Å². The van der Waals surface area contributed by atoms with Crippen LogP contribution in [0.4, 0.5) is 11.8 Å². The molecule has 0 aromatic carbocycles. The van der Waals surface area contributed by atoms with E-state index < -0.39 is 5.41 Å². The van der Waals surface area contributed by atoms with E-state index in [0.717, 1.165) is 0 Å². The molecule has 1 rings (SSSR count). The van der Waals surface area contributed by atoms with Crippen LogP contribution in [0.15, 0.2) is 10.7 Å². The lowest BCUT2D eigenvalue weighted by Gasteiger charge is -2.22. The van der Waals surface area contributed by atoms with E-state index in [1.165, 1.54) is 0 Å². The van der Waals surface area contributed by atoms with Gasteiger partial charge in [0.25, 0.3) is 0 Å². The van der Waals surface area contributed by atoms with Crippen LogP contribution in [0.25, 0.3) is 0 Å². The summed E-state index contributed by atoms with van der Waals surface area (Å²) in [4.78, 5) is 19.7. The highest BCUT2D eigenvalue weighted by Gasteiger charge is 2.26. The minimum absolute atomic E-state index is 0.0482. The maximum absolute atomic E-state index is 11.6. The van der Waals surface area contributed by atoms with Crippen molar-refractivity contribution in [2.45, 2.75) is 13.8 Å². The van der Waals surface area contributed by atoms with Crippen LogP contribution >= 0.6 is 15.9 Å². The standard InChI is InChI=1S/C10H16BrN5O/c1-10(2,8(17)13-3)5-14-9-15-6(11)4-7(12)16-9/h4H,5H2,1-3H3,(H,13,17)(H3,12,14,15,16). The van der Waals surface area contributed by atoms with Crippen LogP contribution in [-0.2, 0) is 4.79 Å². The van der Waals surface area contributed by atoms with Crippen LogP contribution in [0, 0.1) is 5.41 Å². The Labute approximate surface area is 109 Å². The van der Waals surface area contributed by atoms with E-state index in [1.54, 1.807) is 13.1 Å². The van der Waals surface area contributed by atoms with Gasteiger partial charge in [-0.1, -0.05) is 0 Å². The number of nitrogen functional groups attached to an aromatic ring is 1. The summed E-state index contributed by atoms with van der Waals surface area (Å²) >= 11 is 3.23. The molecule has 1 aromatic rings. The third-order valence-electron chi connectivity index (χ3n) is 2.24. The summed E-state index contributed by atoms with van der Waals surface area (Å²) < 4.78 is 0.602. The molecule has 0 saturated carbocycles. The second-order valence-electron chi connectivity index (χ2n) is 4.26. The SMILES string of the molecule is CNC(=O)C(C)(C)CNc1nc(N)cc(Br)n1. The Balaban J connectivity index is 2.70. The second kappa shape index (κ2) is 5.31. The number of hydrogen-bond acceptors (Lipinski definition) is 5. The first-order chi connectivity index (χ1) is 7.85. The highest BCUT2D eigenvalue weighted by Crippen LogP contribution is 2.17. The minimum atomic E-state index is -0.546. The molecule has 6 nitrogen and oxygen atoms in total. The predicted molar refractivity (Wildman–Crippen MR) is 70.5 cm³/mol. The quantitative estimate of drug-likeness (QED) is 0.722. The molecule has 17 heavy (non-hydrogen) atoms. The van der Waals surface area contributed by atoms with Crippen molar-refractivity contribution in [2.75, 3.05) is 24.6 Å². The van der Waals surface area contributed by atoms with Gasteiger partial charge in [-0.3, -0.25) is 4.79 Å². The Hall–Kier alpha value is -1.37. The van der Waals surface area contributed by atoms with Gasteiger partial charge in [0.1, 0.15) is 10.4 Å². The molecule has 0 aliphatic heterocycles. The van der Waals surface area contributed by atoms with Gasteiger partial charge >= 0.3 is 0 Å². The number of carbonyl (C=O) groups excluding carboxylic acids is 1. The molecule has 0 unspecified atom stereocenters. The molecule has 0 bridgehead atoms. The number of nitrogens with zero attached hydrogens (tertiary/aromatic N) is 2. The average molecular weight is 302 g/mol. The molecule has 1 aromatic heterocycles. The van der Waals surface area contributed by atoms with Crippen LogP contribution in [0.2, 0.25) is 0 Å². The molecule has 1 heterocycles. The van der Waals surface area contributed by atoms with E-state index in [2.05, 4.69) is 36.5 Å². The van der Waals surface area contributed by atoms with Crippen LogP contribution in [0.1, 0.15) is 13.8 Å². The Kier molecular flexibility index (Phi) is 4.28. The Morgan fingerprint density at radius 2 is 2.18 bits per heavy atom. The van der Waals surface area contributed by atoms with Gasteiger partial charge in [-0.15, -0.1) is 0 Å². The molecule has 7 heteroatoms. The Bertz CT molecular complexity index is 401. The fraction of sp³-hybridized carbons (Fsp3) is 0.500. The average Bonchev–Trinajstić information content (AvgIpc) is 2.24. The lowest BCUT2D eigenvalue weighted by molar-refractivity contribution is -0.128. The first kappa shape index (κ1) is 13.7. The molecule has 0 aliphatic carbocycles. The minimum Gasteiger partial charge on any atom is -0.383 e. The highest BCUT2D eigenvalue weighted by atomic mass is 79.9. The first-order valence-corrected chi connectivity index (χ1v) is 5.90. The largest absolute Gasteiger partial charge is 0.383 e. The molecule has 4 N–H and O–H groups in total. The maximum atomic E-state index is 11.6. The first-order valence-electron chi connectivity index (χ1n) is 5.11. The van der Waals surface area contributed by atoms with E-state index in [-0.39, 0.29) is 5.91 Å². The topological polar surface area (TPSA) is 92.9 Å². The smallest absolute Gasteiger partial charge is 0.227 e. The molecule has 0 radical (unpaired) electrons. The second-order valence-corrected chi connectivity index (χ2v) is 5.07. The van der Waals surface area contributed by atoms with E-state index in [1.807, 2.05) is 13.8 Å². The predicted octanol–water partition coefficient (Wildman–Crippen LogP) is 1.01. The molecule has 0 fully saturated rings. The lowest BCUT2D eigenvalue weighted by atomic mass is 9.92. The number of nitrogens with two attached hydrogens (primary N) is 1. The zero-order valence-corrected chi connectivity index (χ0v) is 11.6. The van der Waals surface area contributed by atoms with Crippen molar-refractivity contribution in [2.24, 2.45) is 5.41 Å².